The second-order valence-electron chi connectivity index (χ2n) is 4.81. The molecule has 0 radical (unpaired) electrons. The fraction of sp³-hybridized carbons (Fsp3) is 0.250. The number of aliphatic hydroxyl groups excluding tert-OH is 1. The lowest BCUT2D eigenvalue weighted by Crippen LogP contribution is -2.30. The quantitative estimate of drug-likeness (QED) is 0.915. The Bertz CT molecular complexity index is 627. The molecule has 3 rings (SSSR count). The van der Waals surface area contributed by atoms with Crippen LogP contribution < -0.4 is 9.47 Å². The monoisotopic (exact) mass is 274 g/mol. The first-order valence-electron chi connectivity index (χ1n) is 6.45. The van der Waals surface area contributed by atoms with Gasteiger partial charge in [0.25, 0.3) is 0 Å². The minimum atomic E-state index is -0.667. The SMILES string of the molecule is COc1cc([C@@H]2Oc3ccccc3C[C@@H]2O)ccc1F. The third kappa shape index (κ3) is 2.23. The van der Waals surface area contributed by atoms with Gasteiger partial charge in [0.05, 0.1) is 13.2 Å². The maximum absolute atomic E-state index is 13.4. The Labute approximate surface area is 116 Å². The average molecular weight is 274 g/mol. The maximum Gasteiger partial charge on any atom is 0.165 e. The highest BCUT2D eigenvalue weighted by Crippen LogP contribution is 2.36. The van der Waals surface area contributed by atoms with Gasteiger partial charge in [-0.2, -0.15) is 0 Å². The van der Waals surface area contributed by atoms with E-state index in [0.29, 0.717) is 12.0 Å². The van der Waals surface area contributed by atoms with Gasteiger partial charge >= 0.3 is 0 Å². The van der Waals surface area contributed by atoms with E-state index in [9.17, 15) is 9.50 Å². The molecule has 1 aliphatic heterocycles. The molecule has 2 aromatic carbocycles. The number of aliphatic hydroxyl groups is 1. The molecule has 0 aliphatic carbocycles. The van der Waals surface area contributed by atoms with Crippen LogP contribution in [0.4, 0.5) is 4.39 Å². The van der Waals surface area contributed by atoms with Crippen LogP contribution in [0.5, 0.6) is 11.5 Å². The van der Waals surface area contributed by atoms with Gasteiger partial charge in [-0.3, -0.25) is 0 Å². The van der Waals surface area contributed by atoms with Gasteiger partial charge < -0.3 is 14.6 Å². The summed E-state index contributed by atoms with van der Waals surface area (Å²) in [6.07, 6.45) is -0.667. The minimum absolute atomic E-state index is 0.150. The van der Waals surface area contributed by atoms with E-state index in [4.69, 9.17) is 9.47 Å². The van der Waals surface area contributed by atoms with Crippen LogP contribution in [0.1, 0.15) is 17.2 Å². The number of methoxy groups -OCH3 is 1. The molecule has 1 aliphatic rings. The molecule has 1 N–H and O–H groups in total. The predicted octanol–water partition coefficient (Wildman–Crippen LogP) is 2.87. The maximum atomic E-state index is 13.4. The van der Waals surface area contributed by atoms with Crippen LogP contribution in [0.15, 0.2) is 42.5 Å². The van der Waals surface area contributed by atoms with Crippen molar-refractivity contribution in [2.24, 2.45) is 0 Å². The number of ether oxygens (including phenoxy) is 2. The normalized spacial score (nSPS) is 20.9. The van der Waals surface area contributed by atoms with Crippen LogP contribution in [-0.4, -0.2) is 18.3 Å². The molecule has 0 fully saturated rings. The standard InChI is InChI=1S/C16H15FO3/c1-19-15-9-11(6-7-12(15)17)16-13(18)8-10-4-2-3-5-14(10)20-16/h2-7,9,13,16,18H,8H2,1H3/t13-,16-/m0/s1. The number of hydrogen-bond donors (Lipinski definition) is 1. The van der Waals surface area contributed by atoms with Crippen molar-refractivity contribution >= 4 is 0 Å². The number of rotatable bonds is 2. The summed E-state index contributed by atoms with van der Waals surface area (Å²) in [4.78, 5) is 0. The molecular weight excluding hydrogens is 259 g/mol. The second-order valence-corrected chi connectivity index (χ2v) is 4.81. The van der Waals surface area contributed by atoms with Gasteiger partial charge in [-0.15, -0.1) is 0 Å². The van der Waals surface area contributed by atoms with Crippen molar-refractivity contribution in [1.29, 1.82) is 0 Å². The van der Waals surface area contributed by atoms with Gasteiger partial charge in [-0.25, -0.2) is 4.39 Å². The Morgan fingerprint density at radius 3 is 2.85 bits per heavy atom. The largest absolute Gasteiger partial charge is 0.494 e. The van der Waals surface area contributed by atoms with Gasteiger partial charge in [0.1, 0.15) is 11.9 Å². The van der Waals surface area contributed by atoms with E-state index < -0.39 is 18.0 Å². The summed E-state index contributed by atoms with van der Waals surface area (Å²) in [7, 11) is 1.41. The highest BCUT2D eigenvalue weighted by atomic mass is 19.1. The van der Waals surface area contributed by atoms with E-state index in [-0.39, 0.29) is 5.75 Å². The minimum Gasteiger partial charge on any atom is -0.494 e. The molecule has 1 heterocycles. The van der Waals surface area contributed by atoms with E-state index in [1.165, 1.54) is 13.2 Å². The summed E-state index contributed by atoms with van der Waals surface area (Å²) in [6.45, 7) is 0. The number of para-hydroxylation sites is 1. The van der Waals surface area contributed by atoms with E-state index in [1.807, 2.05) is 24.3 Å². The fourth-order valence-electron chi connectivity index (χ4n) is 2.48. The van der Waals surface area contributed by atoms with Crippen LogP contribution in [0.25, 0.3) is 0 Å². The highest BCUT2D eigenvalue weighted by Gasteiger charge is 2.30. The van der Waals surface area contributed by atoms with E-state index >= 15 is 0 Å². The van der Waals surface area contributed by atoms with Crippen molar-refractivity contribution in [3.63, 3.8) is 0 Å². The second kappa shape index (κ2) is 5.13. The molecule has 0 saturated heterocycles. The zero-order chi connectivity index (χ0) is 14.1. The zero-order valence-corrected chi connectivity index (χ0v) is 11.0. The summed E-state index contributed by atoms with van der Waals surface area (Å²) < 4.78 is 24.3. The Balaban J connectivity index is 1.95. The van der Waals surface area contributed by atoms with E-state index in [2.05, 4.69) is 0 Å². The van der Waals surface area contributed by atoms with Crippen LogP contribution >= 0.6 is 0 Å². The smallest absolute Gasteiger partial charge is 0.165 e. The molecule has 0 bridgehead atoms. The third-order valence-electron chi connectivity index (χ3n) is 3.51. The van der Waals surface area contributed by atoms with Crippen molar-refractivity contribution in [2.75, 3.05) is 7.11 Å². The van der Waals surface area contributed by atoms with Crippen molar-refractivity contribution in [3.8, 4) is 11.5 Å². The molecule has 3 nitrogen and oxygen atoms in total. The first-order chi connectivity index (χ1) is 9.69. The molecule has 0 unspecified atom stereocenters. The van der Waals surface area contributed by atoms with Crippen molar-refractivity contribution < 1.29 is 19.0 Å². The zero-order valence-electron chi connectivity index (χ0n) is 11.0. The van der Waals surface area contributed by atoms with Gasteiger partial charge in [-0.1, -0.05) is 24.3 Å². The topological polar surface area (TPSA) is 38.7 Å². The van der Waals surface area contributed by atoms with E-state index in [0.717, 1.165) is 11.3 Å². The summed E-state index contributed by atoms with van der Waals surface area (Å²) in [5, 5.41) is 10.2. The van der Waals surface area contributed by atoms with Gasteiger partial charge in [-0.05, 0) is 29.3 Å². The Morgan fingerprint density at radius 1 is 1.25 bits per heavy atom. The molecule has 104 valence electrons. The fourth-order valence-corrected chi connectivity index (χ4v) is 2.48. The Morgan fingerprint density at radius 2 is 2.05 bits per heavy atom. The summed E-state index contributed by atoms with van der Waals surface area (Å²) in [5.74, 6) is 0.477. The Kier molecular flexibility index (Phi) is 3.32. The first kappa shape index (κ1) is 12.9. The lowest BCUT2D eigenvalue weighted by atomic mass is 9.94. The van der Waals surface area contributed by atoms with Crippen molar-refractivity contribution in [3.05, 3.63) is 59.4 Å². The number of hydrogen-bond acceptors (Lipinski definition) is 3. The molecule has 4 heteroatoms. The molecule has 0 spiro atoms. The molecule has 2 aromatic rings. The van der Waals surface area contributed by atoms with Gasteiger partial charge in [0, 0.05) is 6.42 Å². The molecule has 2 atom stereocenters. The molecule has 0 aromatic heterocycles. The van der Waals surface area contributed by atoms with Crippen molar-refractivity contribution in [2.45, 2.75) is 18.6 Å². The summed E-state index contributed by atoms with van der Waals surface area (Å²) >= 11 is 0. The van der Waals surface area contributed by atoms with Crippen LogP contribution in [0.3, 0.4) is 0 Å². The first-order valence-corrected chi connectivity index (χ1v) is 6.45. The lowest BCUT2D eigenvalue weighted by Gasteiger charge is -2.31. The predicted molar refractivity (Wildman–Crippen MR) is 72.5 cm³/mol. The summed E-state index contributed by atoms with van der Waals surface area (Å²) in [6, 6.07) is 12.1. The number of fused-ring (bicyclic) bond motifs is 1. The lowest BCUT2D eigenvalue weighted by molar-refractivity contribution is 0.0207. The van der Waals surface area contributed by atoms with Crippen molar-refractivity contribution in [1.82, 2.24) is 0 Å². The molecular formula is C16H15FO3. The number of benzene rings is 2. The average Bonchev–Trinajstić information content (AvgIpc) is 2.47. The van der Waals surface area contributed by atoms with E-state index in [1.54, 1.807) is 12.1 Å². The Hall–Kier alpha value is -2.07. The highest BCUT2D eigenvalue weighted by molar-refractivity contribution is 5.39. The molecule has 0 amide bonds. The van der Waals surface area contributed by atoms with Crippen LogP contribution in [-0.2, 0) is 6.42 Å². The number of halogens is 1. The molecule has 20 heavy (non-hydrogen) atoms. The van der Waals surface area contributed by atoms with Gasteiger partial charge in [0.2, 0.25) is 0 Å². The summed E-state index contributed by atoms with van der Waals surface area (Å²) in [5.41, 5.74) is 1.68. The third-order valence-corrected chi connectivity index (χ3v) is 3.51. The van der Waals surface area contributed by atoms with Crippen LogP contribution in [0.2, 0.25) is 0 Å². The van der Waals surface area contributed by atoms with Gasteiger partial charge in [0.15, 0.2) is 11.6 Å². The van der Waals surface area contributed by atoms with Crippen LogP contribution in [0, 0.1) is 5.82 Å². The molecule has 0 saturated carbocycles.